The summed E-state index contributed by atoms with van der Waals surface area (Å²) in [5.41, 5.74) is 6.37. The molecule has 0 aromatic carbocycles. The Labute approximate surface area is 104 Å². The number of ether oxygens (including phenoxy) is 1. The molecular weight excluding hydrogens is 242 g/mol. The summed E-state index contributed by atoms with van der Waals surface area (Å²) in [4.78, 5) is 15.2. The Hall–Kier alpha value is -1.56. The van der Waals surface area contributed by atoms with Gasteiger partial charge in [-0.1, -0.05) is 6.07 Å². The van der Waals surface area contributed by atoms with Gasteiger partial charge in [-0.3, -0.25) is 4.79 Å². The van der Waals surface area contributed by atoms with Crippen molar-refractivity contribution in [3.8, 4) is 0 Å². The summed E-state index contributed by atoms with van der Waals surface area (Å²) in [6, 6.07) is 1.52. The Morgan fingerprint density at radius 3 is 2.72 bits per heavy atom. The summed E-state index contributed by atoms with van der Waals surface area (Å²) >= 11 is 0. The number of alkyl halides is 2. The van der Waals surface area contributed by atoms with E-state index < -0.39 is 12.4 Å². The van der Waals surface area contributed by atoms with Gasteiger partial charge in [0.15, 0.2) is 0 Å². The Balaban J connectivity index is 3.05. The Bertz CT molecular complexity index is 436. The van der Waals surface area contributed by atoms with E-state index >= 15 is 0 Å². The van der Waals surface area contributed by atoms with E-state index in [9.17, 15) is 13.6 Å². The van der Waals surface area contributed by atoms with E-state index in [4.69, 9.17) is 10.5 Å². The summed E-state index contributed by atoms with van der Waals surface area (Å²) in [6.07, 6.45) is -2.65. The van der Waals surface area contributed by atoms with Crippen molar-refractivity contribution in [2.45, 2.75) is 33.2 Å². The van der Waals surface area contributed by atoms with Crippen LogP contribution in [0.5, 0.6) is 0 Å². The Morgan fingerprint density at radius 1 is 1.56 bits per heavy atom. The highest BCUT2D eigenvalue weighted by Crippen LogP contribution is 2.23. The van der Waals surface area contributed by atoms with Crippen molar-refractivity contribution < 1.29 is 18.3 Å². The second kappa shape index (κ2) is 6.39. The summed E-state index contributed by atoms with van der Waals surface area (Å²) in [5.74, 6) is -0.418. The van der Waals surface area contributed by atoms with Gasteiger partial charge in [0, 0.05) is 6.54 Å². The van der Waals surface area contributed by atoms with E-state index in [0.717, 1.165) is 0 Å². The molecule has 18 heavy (non-hydrogen) atoms. The highest BCUT2D eigenvalue weighted by Gasteiger charge is 2.17. The smallest absolute Gasteiger partial charge is 0.310 e. The van der Waals surface area contributed by atoms with E-state index in [2.05, 4.69) is 4.98 Å². The number of nitrogens with two attached hydrogens (primary N) is 1. The molecule has 0 amide bonds. The molecule has 0 aliphatic carbocycles. The number of esters is 1. The minimum absolute atomic E-state index is 0.00225. The van der Waals surface area contributed by atoms with Crippen LogP contribution in [0.4, 0.5) is 8.78 Å². The molecule has 0 radical (unpaired) electrons. The summed E-state index contributed by atoms with van der Waals surface area (Å²) in [7, 11) is 0. The van der Waals surface area contributed by atoms with Crippen LogP contribution in [0.1, 0.15) is 35.9 Å². The molecule has 0 fully saturated rings. The van der Waals surface area contributed by atoms with Crippen molar-refractivity contribution in [2.75, 3.05) is 6.61 Å². The van der Waals surface area contributed by atoms with Gasteiger partial charge in [-0.25, -0.2) is 13.8 Å². The maximum atomic E-state index is 12.7. The van der Waals surface area contributed by atoms with Crippen LogP contribution >= 0.6 is 0 Å². The van der Waals surface area contributed by atoms with E-state index in [0.29, 0.717) is 16.8 Å². The second-order valence-corrected chi connectivity index (χ2v) is 3.78. The zero-order valence-electron chi connectivity index (χ0n) is 10.4. The third-order valence-electron chi connectivity index (χ3n) is 2.46. The minimum Gasteiger partial charge on any atom is -0.466 e. The van der Waals surface area contributed by atoms with E-state index in [-0.39, 0.29) is 25.3 Å². The molecule has 0 spiro atoms. The lowest BCUT2D eigenvalue weighted by Crippen LogP contribution is -2.14. The van der Waals surface area contributed by atoms with Gasteiger partial charge in [0.05, 0.1) is 18.7 Å². The van der Waals surface area contributed by atoms with E-state index in [1.54, 1.807) is 6.92 Å². The maximum absolute atomic E-state index is 12.7. The fourth-order valence-corrected chi connectivity index (χ4v) is 1.64. The number of halogens is 2. The third kappa shape index (κ3) is 3.46. The topological polar surface area (TPSA) is 65.2 Å². The number of hydrogen-bond donors (Lipinski definition) is 1. The van der Waals surface area contributed by atoms with Crippen molar-refractivity contribution in [3.05, 3.63) is 28.6 Å². The number of rotatable bonds is 5. The molecule has 0 aliphatic rings. The fraction of sp³-hybridized carbons (Fsp3) is 0.500. The normalized spacial score (nSPS) is 10.8. The zero-order chi connectivity index (χ0) is 13.7. The van der Waals surface area contributed by atoms with Gasteiger partial charge in [0.25, 0.3) is 6.43 Å². The van der Waals surface area contributed by atoms with Crippen LogP contribution in [-0.2, 0) is 22.5 Å². The summed E-state index contributed by atoms with van der Waals surface area (Å²) in [5, 5.41) is 0. The highest BCUT2D eigenvalue weighted by molar-refractivity contribution is 5.73. The Morgan fingerprint density at radius 2 is 2.22 bits per heavy atom. The molecular formula is C12H16F2N2O2. The molecule has 1 aromatic rings. The van der Waals surface area contributed by atoms with Gasteiger partial charge < -0.3 is 10.5 Å². The summed E-state index contributed by atoms with van der Waals surface area (Å²) < 4.78 is 30.1. The predicted molar refractivity (Wildman–Crippen MR) is 62.2 cm³/mol. The van der Waals surface area contributed by atoms with Crippen LogP contribution in [-0.4, -0.2) is 17.6 Å². The molecule has 1 heterocycles. The summed E-state index contributed by atoms with van der Waals surface area (Å²) in [6.45, 7) is 3.52. The molecule has 1 aromatic heterocycles. The second-order valence-electron chi connectivity index (χ2n) is 3.78. The average molecular weight is 258 g/mol. The lowest BCUT2D eigenvalue weighted by Gasteiger charge is -2.11. The number of pyridine rings is 1. The third-order valence-corrected chi connectivity index (χ3v) is 2.46. The van der Waals surface area contributed by atoms with Crippen LogP contribution in [0.3, 0.4) is 0 Å². The first-order chi connectivity index (χ1) is 8.49. The lowest BCUT2D eigenvalue weighted by atomic mass is 10.1. The molecule has 4 nitrogen and oxygen atoms in total. The SMILES string of the molecule is CCOC(=O)Cc1cc(C)c(C(F)F)nc1CN. The first kappa shape index (κ1) is 14.5. The molecule has 0 atom stereocenters. The molecule has 0 aliphatic heterocycles. The molecule has 6 heteroatoms. The average Bonchev–Trinajstić information content (AvgIpc) is 2.29. The predicted octanol–water partition coefficient (Wildman–Crippen LogP) is 1.89. The molecule has 100 valence electrons. The van der Waals surface area contributed by atoms with Gasteiger partial charge in [-0.05, 0) is 25.0 Å². The van der Waals surface area contributed by atoms with Crippen LogP contribution in [0.25, 0.3) is 0 Å². The molecule has 2 N–H and O–H groups in total. The molecule has 0 saturated heterocycles. The van der Waals surface area contributed by atoms with Gasteiger partial charge in [-0.15, -0.1) is 0 Å². The van der Waals surface area contributed by atoms with E-state index in [1.807, 2.05) is 0 Å². The molecule has 1 rings (SSSR count). The quantitative estimate of drug-likeness (QED) is 0.819. The first-order valence-corrected chi connectivity index (χ1v) is 5.62. The molecule has 0 saturated carbocycles. The van der Waals surface area contributed by atoms with Crippen LogP contribution in [0.2, 0.25) is 0 Å². The van der Waals surface area contributed by atoms with Crippen molar-refractivity contribution in [1.82, 2.24) is 4.98 Å². The van der Waals surface area contributed by atoms with Crippen molar-refractivity contribution in [3.63, 3.8) is 0 Å². The van der Waals surface area contributed by atoms with Crippen LogP contribution in [0, 0.1) is 6.92 Å². The fourth-order valence-electron chi connectivity index (χ4n) is 1.64. The highest BCUT2D eigenvalue weighted by atomic mass is 19.3. The largest absolute Gasteiger partial charge is 0.466 e. The number of aryl methyl sites for hydroxylation is 1. The van der Waals surface area contributed by atoms with Gasteiger partial charge >= 0.3 is 5.97 Å². The maximum Gasteiger partial charge on any atom is 0.310 e. The van der Waals surface area contributed by atoms with Crippen LogP contribution in [0.15, 0.2) is 6.07 Å². The number of carbonyl (C=O) groups is 1. The lowest BCUT2D eigenvalue weighted by molar-refractivity contribution is -0.142. The number of nitrogens with zero attached hydrogens (tertiary/aromatic N) is 1. The van der Waals surface area contributed by atoms with Gasteiger partial charge in [0.1, 0.15) is 5.69 Å². The zero-order valence-corrected chi connectivity index (χ0v) is 10.4. The Kier molecular flexibility index (Phi) is 5.15. The number of carbonyl (C=O) groups excluding carboxylic acids is 1. The number of aromatic nitrogens is 1. The molecule has 0 bridgehead atoms. The van der Waals surface area contributed by atoms with E-state index in [1.165, 1.54) is 13.0 Å². The van der Waals surface area contributed by atoms with Gasteiger partial charge in [-0.2, -0.15) is 0 Å². The molecule has 0 unspecified atom stereocenters. The number of hydrogen-bond acceptors (Lipinski definition) is 4. The standard InChI is InChI=1S/C12H16F2N2O2/c1-3-18-10(17)5-8-4-7(2)11(12(13)14)16-9(8)6-15/h4,12H,3,5-6,15H2,1-2H3. The first-order valence-electron chi connectivity index (χ1n) is 5.62. The minimum atomic E-state index is -2.65. The van der Waals surface area contributed by atoms with Crippen LogP contribution < -0.4 is 5.73 Å². The van der Waals surface area contributed by atoms with Crippen molar-refractivity contribution in [2.24, 2.45) is 5.73 Å². The van der Waals surface area contributed by atoms with Gasteiger partial charge in [0.2, 0.25) is 0 Å². The monoisotopic (exact) mass is 258 g/mol. The van der Waals surface area contributed by atoms with Crippen molar-refractivity contribution in [1.29, 1.82) is 0 Å². The van der Waals surface area contributed by atoms with Crippen molar-refractivity contribution >= 4 is 5.97 Å².